The van der Waals surface area contributed by atoms with Crippen molar-refractivity contribution >= 4 is 113 Å². The summed E-state index contributed by atoms with van der Waals surface area (Å²) in [5, 5.41) is 70.1. The Morgan fingerprint density at radius 1 is 0.434 bits per heavy atom. The fourth-order valence-electron chi connectivity index (χ4n) is 9.79. The molecule has 9 aromatic rings. The Bertz CT molecular complexity index is 3590. The zero-order valence-corrected chi connectivity index (χ0v) is 46.1. The Morgan fingerprint density at radius 2 is 0.735 bits per heavy atom. The molecule has 0 saturated carbocycles. The first kappa shape index (κ1) is 56.6. The number of benzene rings is 3. The van der Waals surface area contributed by atoms with Crippen LogP contribution >= 0.6 is 42.6 Å². The van der Waals surface area contributed by atoms with E-state index in [0.29, 0.717) is 48.7 Å². The van der Waals surface area contributed by atoms with E-state index in [9.17, 15) is 35.2 Å². The number of aliphatic hydroxyl groups is 6. The van der Waals surface area contributed by atoms with E-state index in [1.165, 1.54) is 51.7 Å². The largest absolute Gasteiger partial charge is 0.475 e. The van der Waals surface area contributed by atoms with Crippen molar-refractivity contribution in [2.24, 2.45) is 0 Å². The summed E-state index contributed by atoms with van der Waals surface area (Å²) in [6, 6.07) is 21.5. The van der Waals surface area contributed by atoms with Crippen molar-refractivity contribution < 1.29 is 63.0 Å². The molecular formula is C54H48Cl3N12O13P. The van der Waals surface area contributed by atoms with Gasteiger partial charge in [-0.05, 0) is 71.3 Å². The molecule has 12 atom stereocenters. The topological polar surface area (TPSA) is 325 Å². The number of halogens is 3. The van der Waals surface area contributed by atoms with Gasteiger partial charge >= 0.3 is 7.82 Å². The molecule has 29 heteroatoms. The Balaban J connectivity index is 0.770. The van der Waals surface area contributed by atoms with Gasteiger partial charge in [-0.15, -0.1) is 0 Å². The van der Waals surface area contributed by atoms with Gasteiger partial charge in [-0.3, -0.25) is 27.3 Å². The van der Waals surface area contributed by atoms with Crippen LogP contribution in [0, 0.1) is 0 Å². The minimum Gasteiger partial charge on any atom is -0.387 e. The summed E-state index contributed by atoms with van der Waals surface area (Å²) in [6.45, 7) is -2.24. The lowest BCUT2D eigenvalue weighted by Crippen LogP contribution is -2.35. The van der Waals surface area contributed by atoms with E-state index >= 15 is 0 Å². The van der Waals surface area contributed by atoms with Gasteiger partial charge in [-0.1, -0.05) is 89.4 Å². The molecular weight excluding hydrogens is 1160 g/mol. The van der Waals surface area contributed by atoms with Crippen molar-refractivity contribution in [2.45, 2.75) is 73.6 Å². The minimum atomic E-state index is -4.99. The number of nitrogens with zero attached hydrogens (tertiary/aromatic N) is 12. The molecule has 428 valence electrons. The first-order valence-corrected chi connectivity index (χ1v) is 28.2. The maximum atomic E-state index is 15.0. The Hall–Kier alpha value is -6.85. The molecule has 12 rings (SSSR count). The first-order chi connectivity index (χ1) is 40.2. The van der Waals surface area contributed by atoms with Crippen molar-refractivity contribution in [1.82, 2.24) is 58.6 Å². The quantitative estimate of drug-likeness (QED) is 0.0537. The number of ether oxygens (including phenoxy) is 3. The summed E-state index contributed by atoms with van der Waals surface area (Å²) < 4.78 is 55.1. The predicted octanol–water partition coefficient (Wildman–Crippen LogP) is 5.99. The highest BCUT2D eigenvalue weighted by atomic mass is 35.5. The van der Waals surface area contributed by atoms with Crippen molar-refractivity contribution in [2.75, 3.05) is 19.8 Å². The van der Waals surface area contributed by atoms with Gasteiger partial charge in [-0.25, -0.2) is 49.4 Å². The highest BCUT2D eigenvalue weighted by Gasteiger charge is 2.50. The third kappa shape index (κ3) is 11.7. The Labute approximate surface area is 484 Å². The molecule has 0 amide bonds. The van der Waals surface area contributed by atoms with Crippen LogP contribution in [0.5, 0.6) is 0 Å². The third-order valence-corrected chi connectivity index (χ3v) is 16.1. The second-order valence-corrected chi connectivity index (χ2v) is 22.4. The van der Waals surface area contributed by atoms with Crippen molar-refractivity contribution in [3.63, 3.8) is 0 Å². The van der Waals surface area contributed by atoms with Crippen LogP contribution in [0.15, 0.2) is 111 Å². The lowest BCUT2D eigenvalue weighted by atomic mass is 10.1. The number of aromatic nitrogens is 12. The van der Waals surface area contributed by atoms with Crippen LogP contribution in [-0.4, -0.2) is 164 Å². The number of phosphoric acid groups is 1. The lowest BCUT2D eigenvalue weighted by Gasteiger charge is -2.24. The van der Waals surface area contributed by atoms with Crippen molar-refractivity contribution in [3.8, 4) is 0 Å². The van der Waals surface area contributed by atoms with Gasteiger partial charge in [0.1, 0.15) is 90.5 Å². The summed E-state index contributed by atoms with van der Waals surface area (Å²) >= 11 is 18.5. The van der Waals surface area contributed by atoms with Gasteiger partial charge in [-0.2, -0.15) is 0 Å². The van der Waals surface area contributed by atoms with Crippen LogP contribution < -0.4 is 0 Å². The van der Waals surface area contributed by atoms with E-state index in [-0.39, 0.29) is 16.9 Å². The van der Waals surface area contributed by atoms with E-state index in [2.05, 4.69) is 44.9 Å². The van der Waals surface area contributed by atoms with Crippen LogP contribution in [0.1, 0.15) is 52.5 Å². The molecule has 3 fully saturated rings. The van der Waals surface area contributed by atoms with E-state index in [4.69, 9.17) is 62.6 Å². The highest BCUT2D eigenvalue weighted by Crippen LogP contribution is 2.52. The molecule has 6 N–H and O–H groups in total. The summed E-state index contributed by atoms with van der Waals surface area (Å²) in [5.41, 5.74) is 5.48. The molecule has 25 nitrogen and oxygen atoms in total. The number of hydrogen-bond donors (Lipinski definition) is 6. The maximum absolute atomic E-state index is 15.0. The normalized spacial score (nSPS) is 25.9. The average molecular weight is 1210 g/mol. The van der Waals surface area contributed by atoms with Gasteiger partial charge < -0.3 is 44.8 Å². The molecule has 0 aliphatic carbocycles. The number of hydrogen-bond acceptors (Lipinski definition) is 22. The summed E-state index contributed by atoms with van der Waals surface area (Å²) in [7, 11) is -4.99. The van der Waals surface area contributed by atoms with E-state index < -0.39 is 101 Å². The second kappa shape index (κ2) is 24.0. The molecule has 83 heavy (non-hydrogen) atoms. The number of rotatable bonds is 18. The Morgan fingerprint density at radius 3 is 1.02 bits per heavy atom. The molecule has 3 aromatic carbocycles. The van der Waals surface area contributed by atoms with Crippen LogP contribution in [0.4, 0.5) is 0 Å². The molecule has 6 aromatic heterocycles. The molecule has 0 unspecified atom stereocenters. The predicted molar refractivity (Wildman–Crippen MR) is 300 cm³/mol. The number of aliphatic hydroxyl groups excluding tert-OH is 6. The number of fused-ring (bicyclic) bond motifs is 3. The van der Waals surface area contributed by atoms with Gasteiger partial charge in [0.05, 0.1) is 55.9 Å². The standard InChI is InChI=1S/C54H48Cl3N12O13P/c55-31-7-1-4-28(16-31)10-13-34-40-49(61-22-58-34)67(25-64-40)52-46(73)43(70)37(80-52)19-77-83(76,78-20-38-44(71)47(74)53(81-38)68-26-65-41-35(59-23-62-50(41)68)14-11-29-5-2-8-32(56)17-29)79-21-39-45(72)48(75)54(82-39)69-27-66-42-36(60-24-63-51(42)69)15-12-30-6-3-9-33(57)18-30/h1-18,22-27,37-39,43-48,52-54,70-75H,19-21H2/b13-10+,14-11+,15-12+/t37-,38-,39-,43-,44-,45-,46-,47-,48-,52-,53-,54-/m1/s1. The minimum absolute atomic E-state index is 0.247. The van der Waals surface area contributed by atoms with Gasteiger partial charge in [0.25, 0.3) is 0 Å². The SMILES string of the molecule is O=P(OC[C@H]1O[C@@H](n2cnc3c(/C=C/c4cccc(Cl)c4)ncnc32)[C@H](O)[C@@H]1O)(OC[C@H]1O[C@@H](n2cnc3c(/C=C/c4cccc(Cl)c4)ncnc32)[C@H](O)[C@@H]1O)OC[C@H]1O[C@@H](n2cnc3c(/C=C/c4cccc(Cl)c4)ncnc32)[C@H](O)[C@@H]1O. The maximum Gasteiger partial charge on any atom is 0.475 e. The van der Waals surface area contributed by atoms with Crippen LogP contribution in [0.3, 0.4) is 0 Å². The molecule has 0 radical (unpaired) electrons. The third-order valence-electron chi connectivity index (χ3n) is 14.0. The van der Waals surface area contributed by atoms with Gasteiger partial charge in [0.15, 0.2) is 35.6 Å². The molecule has 3 aliphatic rings. The van der Waals surface area contributed by atoms with Crippen LogP contribution in [-0.2, 0) is 32.3 Å². The number of imidazole rings is 3. The smallest absolute Gasteiger partial charge is 0.387 e. The summed E-state index contributed by atoms with van der Waals surface area (Å²) in [6.07, 6.45) is 0.577. The highest BCUT2D eigenvalue weighted by molar-refractivity contribution is 7.48. The van der Waals surface area contributed by atoms with Crippen molar-refractivity contribution in [1.29, 1.82) is 0 Å². The second-order valence-electron chi connectivity index (χ2n) is 19.4. The summed E-state index contributed by atoms with van der Waals surface area (Å²) in [4.78, 5) is 39.6. The summed E-state index contributed by atoms with van der Waals surface area (Å²) in [5.74, 6) is 0. The zero-order valence-electron chi connectivity index (χ0n) is 42.9. The van der Waals surface area contributed by atoms with Gasteiger partial charge in [0, 0.05) is 15.1 Å². The fraction of sp³-hybridized carbons (Fsp3) is 0.278. The molecule has 9 heterocycles. The van der Waals surface area contributed by atoms with E-state index in [1.807, 2.05) is 18.2 Å². The Kier molecular flexibility index (Phi) is 16.4. The van der Waals surface area contributed by atoms with Gasteiger partial charge in [0.2, 0.25) is 0 Å². The van der Waals surface area contributed by atoms with E-state index in [0.717, 1.165) is 16.7 Å². The average Bonchev–Trinajstić information content (AvgIpc) is 3.29. The van der Waals surface area contributed by atoms with Crippen LogP contribution in [0.2, 0.25) is 15.1 Å². The zero-order chi connectivity index (χ0) is 57.5. The van der Waals surface area contributed by atoms with Crippen molar-refractivity contribution in [3.05, 3.63) is 160 Å². The fourth-order valence-corrected chi connectivity index (χ4v) is 11.6. The van der Waals surface area contributed by atoms with Crippen LogP contribution in [0.25, 0.3) is 69.9 Å². The van der Waals surface area contributed by atoms with E-state index in [1.54, 1.807) is 91.1 Å². The molecule has 0 spiro atoms. The molecule has 0 bridgehead atoms. The molecule has 3 aliphatic heterocycles. The molecule has 3 saturated heterocycles. The lowest BCUT2D eigenvalue weighted by molar-refractivity contribution is -0.0723. The monoisotopic (exact) mass is 1210 g/mol. The number of phosphoric ester groups is 1. The first-order valence-electron chi connectivity index (χ1n) is 25.6.